The first kappa shape index (κ1) is 28.9. The van der Waals surface area contributed by atoms with Gasteiger partial charge in [-0.05, 0) is 92.9 Å². The van der Waals surface area contributed by atoms with Crippen molar-refractivity contribution in [2.45, 2.75) is 98.9 Å². The van der Waals surface area contributed by atoms with Crippen LogP contribution in [0.15, 0.2) is 47.4 Å². The van der Waals surface area contributed by atoms with Gasteiger partial charge in [-0.25, -0.2) is 0 Å². The number of hydrogen-bond donors (Lipinski definition) is 0. The topological polar surface area (TPSA) is 64.2 Å². The molecule has 0 saturated carbocycles. The Morgan fingerprint density at radius 1 is 1.05 bits per heavy atom. The highest BCUT2D eigenvalue weighted by atomic mass is 28.3. The summed E-state index contributed by atoms with van der Waals surface area (Å²) in [5, 5.41) is 9.46. The second-order valence-corrected chi connectivity index (χ2v) is 15.2. The highest BCUT2D eigenvalue weighted by Gasteiger charge is 2.45. The number of hydrogen-bond acceptors (Lipinski definition) is 4. The average Bonchev–Trinajstić information content (AvgIpc) is 2.75. The lowest BCUT2D eigenvalue weighted by atomic mass is 9.69. The number of pyridine rings is 1. The van der Waals surface area contributed by atoms with Gasteiger partial charge >= 0.3 is 0 Å². The molecule has 3 rings (SSSR count). The maximum atomic E-state index is 13.8. The second-order valence-electron chi connectivity index (χ2n) is 13.2. The molecule has 199 valence electrons. The standard InChI is InChI=1S/C31H43N2O3Si/c1-28(2,3)15-11-16-31(29(4,5)6,36-37(9)10)23-14-17-33(27(34)19-23)25-20-30(7,8)35-26-13-12-22(21-32)18-24(25)26/h12-14,17-20H,11,15-16H2,1-10H3. The lowest BCUT2D eigenvalue weighted by molar-refractivity contribution is -0.0520. The van der Waals surface area contributed by atoms with Gasteiger partial charge in [-0.15, -0.1) is 0 Å². The summed E-state index contributed by atoms with van der Waals surface area (Å²) < 4.78 is 14.6. The average molecular weight is 520 g/mol. The van der Waals surface area contributed by atoms with Crippen molar-refractivity contribution in [1.82, 2.24) is 4.57 Å². The fourth-order valence-corrected chi connectivity index (χ4v) is 6.39. The number of fused-ring (bicyclic) bond motifs is 1. The molecule has 2 aromatic rings. The van der Waals surface area contributed by atoms with Gasteiger partial charge in [-0.1, -0.05) is 41.5 Å². The van der Waals surface area contributed by atoms with Crippen molar-refractivity contribution >= 4 is 14.7 Å². The summed E-state index contributed by atoms with van der Waals surface area (Å²) in [4.78, 5) is 13.8. The van der Waals surface area contributed by atoms with E-state index in [0.29, 0.717) is 11.3 Å². The van der Waals surface area contributed by atoms with E-state index in [-0.39, 0.29) is 16.4 Å². The Labute approximate surface area is 224 Å². The van der Waals surface area contributed by atoms with Gasteiger partial charge < -0.3 is 9.16 Å². The highest BCUT2D eigenvalue weighted by Crippen LogP contribution is 2.47. The van der Waals surface area contributed by atoms with Crippen LogP contribution >= 0.6 is 0 Å². The van der Waals surface area contributed by atoms with E-state index in [1.165, 1.54) is 0 Å². The van der Waals surface area contributed by atoms with Crippen LogP contribution in [0.1, 0.15) is 91.3 Å². The molecule has 1 aliphatic heterocycles. The van der Waals surface area contributed by atoms with E-state index < -0.39 is 20.2 Å². The van der Waals surface area contributed by atoms with E-state index in [1.807, 2.05) is 38.3 Å². The van der Waals surface area contributed by atoms with Crippen LogP contribution in [-0.2, 0) is 10.0 Å². The third-order valence-corrected chi connectivity index (χ3v) is 7.69. The van der Waals surface area contributed by atoms with Gasteiger partial charge in [-0.2, -0.15) is 5.26 Å². The Kier molecular flexibility index (Phi) is 8.03. The van der Waals surface area contributed by atoms with E-state index in [2.05, 4.69) is 60.7 Å². The van der Waals surface area contributed by atoms with Crippen LogP contribution in [-0.4, -0.2) is 19.2 Å². The maximum absolute atomic E-state index is 13.8. The van der Waals surface area contributed by atoms with E-state index in [9.17, 15) is 10.1 Å². The summed E-state index contributed by atoms with van der Waals surface area (Å²) >= 11 is 0. The van der Waals surface area contributed by atoms with E-state index >= 15 is 0 Å². The van der Waals surface area contributed by atoms with Crippen LogP contribution in [0.2, 0.25) is 13.1 Å². The number of nitrogens with zero attached hydrogens (tertiary/aromatic N) is 2. The summed E-state index contributed by atoms with van der Waals surface area (Å²) in [5.41, 5.74) is 1.66. The zero-order valence-electron chi connectivity index (χ0n) is 24.3. The van der Waals surface area contributed by atoms with Gasteiger partial charge in [0.2, 0.25) is 9.04 Å². The highest BCUT2D eigenvalue weighted by molar-refractivity contribution is 6.48. The molecule has 0 spiro atoms. The molecule has 0 fully saturated rings. The third-order valence-electron chi connectivity index (χ3n) is 6.93. The van der Waals surface area contributed by atoms with Gasteiger partial charge in [0.15, 0.2) is 0 Å². The smallest absolute Gasteiger partial charge is 0.255 e. The third kappa shape index (κ3) is 6.45. The van der Waals surface area contributed by atoms with Crippen molar-refractivity contribution in [3.8, 4) is 11.8 Å². The fraction of sp³-hybridized carbons (Fsp3) is 0.548. The molecule has 37 heavy (non-hydrogen) atoms. The number of rotatable bonds is 7. The van der Waals surface area contributed by atoms with Crippen molar-refractivity contribution in [2.24, 2.45) is 10.8 Å². The Hall–Kier alpha value is -2.62. The van der Waals surface area contributed by atoms with Crippen molar-refractivity contribution in [1.29, 1.82) is 5.26 Å². The lowest BCUT2D eigenvalue weighted by Crippen LogP contribution is -2.46. The second kappa shape index (κ2) is 10.3. The molecule has 1 aromatic heterocycles. The maximum Gasteiger partial charge on any atom is 0.255 e. The molecular formula is C31H43N2O3Si. The molecule has 6 heteroatoms. The molecule has 0 N–H and O–H groups in total. The van der Waals surface area contributed by atoms with Gasteiger partial charge in [-0.3, -0.25) is 9.36 Å². The molecule has 0 aliphatic carbocycles. The van der Waals surface area contributed by atoms with E-state index in [4.69, 9.17) is 9.16 Å². The van der Waals surface area contributed by atoms with Gasteiger partial charge in [0.05, 0.1) is 22.9 Å². The molecule has 0 bridgehead atoms. The lowest BCUT2D eigenvalue weighted by Gasteiger charge is -2.47. The number of ether oxygens (including phenoxy) is 1. The molecular weight excluding hydrogens is 476 g/mol. The Balaban J connectivity index is 2.15. The van der Waals surface area contributed by atoms with Crippen LogP contribution in [0.4, 0.5) is 0 Å². The van der Waals surface area contributed by atoms with Crippen molar-refractivity contribution < 1.29 is 9.16 Å². The van der Waals surface area contributed by atoms with Crippen LogP contribution < -0.4 is 10.3 Å². The van der Waals surface area contributed by atoms with E-state index in [1.54, 1.807) is 22.8 Å². The Morgan fingerprint density at radius 3 is 2.27 bits per heavy atom. The molecule has 1 radical (unpaired) electrons. The summed E-state index contributed by atoms with van der Waals surface area (Å²) in [6, 6.07) is 11.3. The monoisotopic (exact) mass is 519 g/mol. The molecule has 0 amide bonds. The van der Waals surface area contributed by atoms with Crippen LogP contribution in [0.25, 0.3) is 5.70 Å². The normalized spacial score (nSPS) is 16.9. The van der Waals surface area contributed by atoms with Crippen molar-refractivity contribution in [3.05, 3.63) is 69.6 Å². The van der Waals surface area contributed by atoms with Crippen LogP contribution in [0.3, 0.4) is 0 Å². The molecule has 1 atom stereocenters. The first-order valence-corrected chi connectivity index (χ1v) is 15.6. The Morgan fingerprint density at radius 2 is 1.73 bits per heavy atom. The quantitative estimate of drug-likeness (QED) is 0.355. The van der Waals surface area contributed by atoms with Gasteiger partial charge in [0.25, 0.3) is 5.56 Å². The summed E-state index contributed by atoms with van der Waals surface area (Å²) in [6.07, 6.45) is 6.76. The zero-order chi connectivity index (χ0) is 27.8. The molecule has 2 heterocycles. The minimum Gasteiger partial charge on any atom is -0.483 e. The van der Waals surface area contributed by atoms with Crippen LogP contribution in [0.5, 0.6) is 5.75 Å². The minimum atomic E-state index is -1.06. The Bertz CT molecular complexity index is 1270. The van der Waals surface area contributed by atoms with Gasteiger partial charge in [0.1, 0.15) is 11.4 Å². The first-order valence-electron chi connectivity index (χ1n) is 13.2. The predicted molar refractivity (Wildman–Crippen MR) is 153 cm³/mol. The van der Waals surface area contributed by atoms with Crippen molar-refractivity contribution in [3.63, 3.8) is 0 Å². The van der Waals surface area contributed by atoms with Crippen LogP contribution in [0, 0.1) is 22.2 Å². The zero-order valence-corrected chi connectivity index (χ0v) is 25.3. The molecule has 0 saturated heterocycles. The van der Waals surface area contributed by atoms with Gasteiger partial charge in [0, 0.05) is 17.8 Å². The number of nitriles is 1. The molecule has 5 nitrogen and oxygen atoms in total. The minimum absolute atomic E-state index is 0.121. The summed E-state index contributed by atoms with van der Waals surface area (Å²) in [7, 11) is -1.06. The fourth-order valence-electron chi connectivity index (χ4n) is 5.17. The first-order chi connectivity index (χ1) is 17.0. The molecule has 1 aromatic carbocycles. The molecule has 1 aliphatic rings. The van der Waals surface area contributed by atoms with Crippen molar-refractivity contribution in [2.75, 3.05) is 0 Å². The molecule has 1 unspecified atom stereocenters. The summed E-state index contributed by atoms with van der Waals surface area (Å²) in [6.45, 7) is 21.7. The van der Waals surface area contributed by atoms with E-state index in [0.717, 1.165) is 36.1 Å². The summed E-state index contributed by atoms with van der Waals surface area (Å²) in [5.74, 6) is 0.663. The predicted octanol–water partition coefficient (Wildman–Crippen LogP) is 7.51. The largest absolute Gasteiger partial charge is 0.483 e. The number of benzene rings is 1. The number of aromatic nitrogens is 1. The SMILES string of the molecule is C[Si](C)OC(CCCC(C)(C)C)(c1ccn(C2=CC(C)(C)Oc3ccc(C#N)cc32)c(=O)c1)C(C)(C)C.